The van der Waals surface area contributed by atoms with Gasteiger partial charge in [0.05, 0.1) is 11.3 Å². The van der Waals surface area contributed by atoms with E-state index in [1.807, 2.05) is 6.07 Å². The molecule has 2 rings (SSSR count). The van der Waals surface area contributed by atoms with Crippen molar-refractivity contribution in [1.82, 2.24) is 5.32 Å². The van der Waals surface area contributed by atoms with E-state index in [-0.39, 0.29) is 18.9 Å². The summed E-state index contributed by atoms with van der Waals surface area (Å²) in [6.07, 6.45) is -1.52. The molecule has 7 nitrogen and oxygen atoms in total. The zero-order chi connectivity index (χ0) is 14.5. The van der Waals surface area contributed by atoms with E-state index in [0.29, 0.717) is 24.5 Å². The van der Waals surface area contributed by atoms with Crippen LogP contribution in [0.2, 0.25) is 0 Å². The van der Waals surface area contributed by atoms with Gasteiger partial charge < -0.3 is 25.6 Å². The first-order valence-electron chi connectivity index (χ1n) is 6.28. The first-order valence-corrected chi connectivity index (χ1v) is 6.28. The molecule has 1 atom stereocenters. The highest BCUT2D eigenvalue weighted by atomic mass is 16.5. The number of ether oxygens (including phenoxy) is 1. The van der Waals surface area contributed by atoms with Gasteiger partial charge in [-0.05, 0) is 12.1 Å². The van der Waals surface area contributed by atoms with Crippen molar-refractivity contribution >= 4 is 17.6 Å². The highest BCUT2D eigenvalue weighted by Gasteiger charge is 2.19. The Balaban J connectivity index is 1.98. The summed E-state index contributed by atoms with van der Waals surface area (Å²) >= 11 is 0. The molecule has 0 fully saturated rings. The average Bonchev–Trinajstić information content (AvgIpc) is 2.46. The molecule has 1 unspecified atom stereocenters. The van der Waals surface area contributed by atoms with Crippen molar-refractivity contribution in [2.75, 3.05) is 25.0 Å². The van der Waals surface area contributed by atoms with Gasteiger partial charge in [-0.2, -0.15) is 0 Å². The number of anilines is 1. The molecule has 20 heavy (non-hydrogen) atoms. The number of aliphatic hydroxyl groups excluding tert-OH is 1. The topological polar surface area (TPSA) is 108 Å². The van der Waals surface area contributed by atoms with E-state index in [1.54, 1.807) is 12.1 Å². The van der Waals surface area contributed by atoms with Crippen molar-refractivity contribution in [2.45, 2.75) is 12.5 Å². The van der Waals surface area contributed by atoms with Crippen LogP contribution in [-0.2, 0) is 4.79 Å². The maximum atomic E-state index is 12.0. The van der Waals surface area contributed by atoms with Gasteiger partial charge in [0, 0.05) is 19.5 Å². The zero-order valence-electron chi connectivity index (χ0n) is 10.8. The van der Waals surface area contributed by atoms with Gasteiger partial charge in [0.1, 0.15) is 6.61 Å². The van der Waals surface area contributed by atoms with E-state index >= 15 is 0 Å². The van der Waals surface area contributed by atoms with Crippen molar-refractivity contribution < 1.29 is 24.5 Å². The van der Waals surface area contributed by atoms with E-state index in [0.717, 1.165) is 5.69 Å². The molecule has 0 aliphatic carbocycles. The van der Waals surface area contributed by atoms with Crippen LogP contribution < -0.4 is 15.4 Å². The van der Waals surface area contributed by atoms with Crippen LogP contribution in [0.4, 0.5) is 5.69 Å². The molecule has 1 amide bonds. The number of carboxylic acids is 1. The first-order chi connectivity index (χ1) is 9.59. The maximum Gasteiger partial charge on any atom is 0.332 e. The van der Waals surface area contributed by atoms with Gasteiger partial charge in [-0.15, -0.1) is 0 Å². The van der Waals surface area contributed by atoms with Crippen molar-refractivity contribution in [1.29, 1.82) is 0 Å². The Bertz CT molecular complexity index is 517. The number of carboxylic acid groups (broad SMARTS) is 1. The molecule has 0 aromatic heterocycles. The van der Waals surface area contributed by atoms with Crippen molar-refractivity contribution in [2.24, 2.45) is 0 Å². The summed E-state index contributed by atoms with van der Waals surface area (Å²) in [5.41, 5.74) is 1.15. The number of hydrogen-bond donors (Lipinski definition) is 4. The third-order valence-electron chi connectivity index (χ3n) is 2.91. The third kappa shape index (κ3) is 3.18. The fraction of sp³-hybridized carbons (Fsp3) is 0.385. The normalized spacial score (nSPS) is 14.4. The number of hydrogen-bond acceptors (Lipinski definition) is 5. The Kier molecular flexibility index (Phi) is 4.41. The molecule has 1 aliphatic heterocycles. The van der Waals surface area contributed by atoms with Gasteiger partial charge in [0.25, 0.3) is 5.91 Å². The predicted molar refractivity (Wildman–Crippen MR) is 71.0 cm³/mol. The second-order valence-corrected chi connectivity index (χ2v) is 4.36. The largest absolute Gasteiger partial charge is 0.489 e. The minimum absolute atomic E-state index is 0.0464. The third-order valence-corrected chi connectivity index (χ3v) is 2.91. The monoisotopic (exact) mass is 280 g/mol. The Morgan fingerprint density at radius 1 is 1.45 bits per heavy atom. The summed E-state index contributed by atoms with van der Waals surface area (Å²) in [7, 11) is 0. The fourth-order valence-electron chi connectivity index (χ4n) is 1.89. The fourth-order valence-corrected chi connectivity index (χ4v) is 1.89. The van der Waals surface area contributed by atoms with E-state index in [2.05, 4.69) is 10.6 Å². The summed E-state index contributed by atoms with van der Waals surface area (Å²) in [5, 5.41) is 23.3. The Morgan fingerprint density at radius 2 is 2.25 bits per heavy atom. The highest BCUT2D eigenvalue weighted by Crippen LogP contribution is 2.30. The van der Waals surface area contributed by atoms with Gasteiger partial charge in [-0.1, -0.05) is 6.07 Å². The van der Waals surface area contributed by atoms with E-state index in [9.17, 15) is 9.59 Å². The number of carbonyl (C=O) groups is 2. The SMILES string of the molecule is O=C(NCCC(O)C(=O)O)c1cccc2c1OCCN2. The second-order valence-electron chi connectivity index (χ2n) is 4.36. The van der Waals surface area contributed by atoms with Crippen LogP contribution in [0.5, 0.6) is 5.75 Å². The molecule has 1 aliphatic rings. The van der Waals surface area contributed by atoms with Gasteiger partial charge in [-0.3, -0.25) is 4.79 Å². The molecule has 0 saturated heterocycles. The summed E-state index contributed by atoms with van der Waals surface area (Å²) in [6.45, 7) is 1.24. The van der Waals surface area contributed by atoms with Gasteiger partial charge in [-0.25, -0.2) is 4.79 Å². The van der Waals surface area contributed by atoms with Crippen molar-refractivity contribution in [3.8, 4) is 5.75 Å². The molecule has 0 spiro atoms. The number of carbonyl (C=O) groups excluding carboxylic acids is 1. The lowest BCUT2D eigenvalue weighted by atomic mass is 10.1. The first kappa shape index (κ1) is 14.1. The van der Waals surface area contributed by atoms with E-state index < -0.39 is 12.1 Å². The number of aliphatic hydroxyl groups is 1. The van der Waals surface area contributed by atoms with Crippen LogP contribution in [-0.4, -0.2) is 47.9 Å². The Hall–Kier alpha value is -2.28. The summed E-state index contributed by atoms with van der Waals surface area (Å²) in [6, 6.07) is 5.19. The van der Waals surface area contributed by atoms with Crippen LogP contribution >= 0.6 is 0 Å². The smallest absolute Gasteiger partial charge is 0.332 e. The molecule has 7 heteroatoms. The molecule has 4 N–H and O–H groups in total. The standard InChI is InChI=1S/C13H16N2O5/c16-10(13(18)19)4-5-15-12(17)8-2-1-3-9-11(8)20-7-6-14-9/h1-3,10,14,16H,4-7H2,(H,15,17)(H,18,19). The Labute approximate surface area is 115 Å². The van der Waals surface area contributed by atoms with E-state index in [1.165, 1.54) is 0 Å². The minimum Gasteiger partial charge on any atom is -0.489 e. The number of nitrogens with one attached hydrogen (secondary N) is 2. The van der Waals surface area contributed by atoms with Gasteiger partial charge in [0.15, 0.2) is 11.9 Å². The predicted octanol–water partition coefficient (Wildman–Crippen LogP) is 0.0563. The molecule has 1 heterocycles. The lowest BCUT2D eigenvalue weighted by molar-refractivity contribution is -0.146. The molecule has 1 aromatic carbocycles. The van der Waals surface area contributed by atoms with Crippen LogP contribution in [0.25, 0.3) is 0 Å². The lowest BCUT2D eigenvalue weighted by Gasteiger charge is -2.21. The number of benzene rings is 1. The molecule has 0 radical (unpaired) electrons. The summed E-state index contributed by atoms with van der Waals surface area (Å²) in [4.78, 5) is 22.5. The van der Waals surface area contributed by atoms with E-state index in [4.69, 9.17) is 14.9 Å². The zero-order valence-corrected chi connectivity index (χ0v) is 10.8. The second kappa shape index (κ2) is 6.25. The summed E-state index contributed by atoms with van der Waals surface area (Å²) < 4.78 is 5.47. The lowest BCUT2D eigenvalue weighted by Crippen LogP contribution is -2.31. The molecular weight excluding hydrogens is 264 g/mol. The Morgan fingerprint density at radius 3 is 3.00 bits per heavy atom. The van der Waals surface area contributed by atoms with Crippen LogP contribution in [0.1, 0.15) is 16.8 Å². The number of aliphatic carboxylic acids is 1. The van der Waals surface area contributed by atoms with Gasteiger partial charge in [0.2, 0.25) is 0 Å². The van der Waals surface area contributed by atoms with Crippen LogP contribution in [0.3, 0.4) is 0 Å². The minimum atomic E-state index is -1.47. The average molecular weight is 280 g/mol. The number of rotatable bonds is 5. The molecular formula is C13H16N2O5. The highest BCUT2D eigenvalue weighted by molar-refractivity contribution is 5.99. The van der Waals surface area contributed by atoms with Crippen molar-refractivity contribution in [3.63, 3.8) is 0 Å². The molecule has 108 valence electrons. The molecule has 1 aromatic rings. The van der Waals surface area contributed by atoms with Crippen molar-refractivity contribution in [3.05, 3.63) is 23.8 Å². The number of fused-ring (bicyclic) bond motifs is 1. The van der Waals surface area contributed by atoms with Crippen LogP contribution in [0, 0.1) is 0 Å². The molecule has 0 bridgehead atoms. The maximum absolute atomic E-state index is 12.0. The van der Waals surface area contributed by atoms with Gasteiger partial charge >= 0.3 is 5.97 Å². The summed E-state index contributed by atoms with van der Waals surface area (Å²) in [5.74, 6) is -1.16. The number of amides is 1. The molecule has 0 saturated carbocycles. The quantitative estimate of drug-likeness (QED) is 0.607. The number of para-hydroxylation sites is 1. The van der Waals surface area contributed by atoms with Crippen LogP contribution in [0.15, 0.2) is 18.2 Å².